The monoisotopic (exact) mass is 210 g/mol. The molecule has 4 nitrogen and oxygen atoms in total. The minimum absolute atomic E-state index is 0.199. The molecule has 2 N–H and O–H groups in total. The highest BCUT2D eigenvalue weighted by Crippen LogP contribution is 2.11. The second-order valence-corrected chi connectivity index (χ2v) is 3.55. The zero-order valence-electron chi connectivity index (χ0n) is 8.20. The number of aromatic nitrogens is 2. The Morgan fingerprint density at radius 1 is 1.60 bits per heavy atom. The summed E-state index contributed by atoms with van der Waals surface area (Å²) in [5, 5.41) is 9.21. The molecule has 2 aromatic rings. The molecular weight excluding hydrogens is 199 g/mol. The van der Waals surface area contributed by atoms with Gasteiger partial charge >= 0.3 is 5.69 Å². The fraction of sp³-hybridized carbons (Fsp3) is 0.300. The minimum atomic E-state index is -0.619. The second-order valence-electron chi connectivity index (χ2n) is 3.55. The van der Waals surface area contributed by atoms with Crippen molar-refractivity contribution in [2.24, 2.45) is 0 Å². The summed E-state index contributed by atoms with van der Waals surface area (Å²) in [7, 11) is 0. The van der Waals surface area contributed by atoms with Crippen molar-refractivity contribution in [3.63, 3.8) is 0 Å². The number of rotatable bonds is 2. The van der Waals surface area contributed by atoms with Crippen LogP contribution in [0.4, 0.5) is 4.39 Å². The van der Waals surface area contributed by atoms with E-state index in [2.05, 4.69) is 4.98 Å². The fourth-order valence-electron chi connectivity index (χ4n) is 1.58. The van der Waals surface area contributed by atoms with E-state index in [0.29, 0.717) is 11.0 Å². The van der Waals surface area contributed by atoms with Crippen LogP contribution in [0.3, 0.4) is 0 Å². The van der Waals surface area contributed by atoms with Crippen molar-refractivity contribution in [3.05, 3.63) is 34.5 Å². The first-order valence-electron chi connectivity index (χ1n) is 4.64. The molecule has 0 spiro atoms. The number of aromatic amines is 1. The lowest BCUT2D eigenvalue weighted by Gasteiger charge is -2.05. The molecule has 5 heteroatoms. The normalized spacial score (nSPS) is 13.3. The number of nitrogens with zero attached hydrogens (tertiary/aromatic N) is 1. The van der Waals surface area contributed by atoms with Crippen LogP contribution in [0, 0.1) is 5.82 Å². The molecule has 0 aliphatic heterocycles. The van der Waals surface area contributed by atoms with Crippen LogP contribution in [0.15, 0.2) is 23.0 Å². The molecule has 1 heterocycles. The predicted octanol–water partition coefficient (Wildman–Crippen LogP) is 0.849. The summed E-state index contributed by atoms with van der Waals surface area (Å²) in [6.07, 6.45) is -0.619. The van der Waals surface area contributed by atoms with E-state index in [-0.39, 0.29) is 12.2 Å². The molecule has 0 radical (unpaired) electrons. The first kappa shape index (κ1) is 9.92. The van der Waals surface area contributed by atoms with Crippen molar-refractivity contribution in [2.45, 2.75) is 19.6 Å². The van der Waals surface area contributed by atoms with E-state index < -0.39 is 11.9 Å². The summed E-state index contributed by atoms with van der Waals surface area (Å²) in [4.78, 5) is 14.0. The van der Waals surface area contributed by atoms with Crippen LogP contribution < -0.4 is 5.69 Å². The summed E-state index contributed by atoms with van der Waals surface area (Å²) in [6.45, 7) is 1.79. The molecule has 0 bridgehead atoms. The maximum absolute atomic E-state index is 12.9. The Bertz CT molecular complexity index is 542. The van der Waals surface area contributed by atoms with Crippen molar-refractivity contribution in [3.8, 4) is 0 Å². The molecule has 0 fully saturated rings. The summed E-state index contributed by atoms with van der Waals surface area (Å²) in [6, 6.07) is 4.06. The highest BCUT2D eigenvalue weighted by Gasteiger charge is 2.08. The average molecular weight is 210 g/mol. The third kappa shape index (κ3) is 1.78. The summed E-state index contributed by atoms with van der Waals surface area (Å²) >= 11 is 0. The maximum Gasteiger partial charge on any atom is 0.326 e. The first-order chi connectivity index (χ1) is 7.08. The summed E-state index contributed by atoms with van der Waals surface area (Å²) in [5.41, 5.74) is 0.708. The Balaban J connectivity index is 2.63. The van der Waals surface area contributed by atoms with Gasteiger partial charge in [0.25, 0.3) is 0 Å². The van der Waals surface area contributed by atoms with Gasteiger partial charge in [-0.2, -0.15) is 0 Å². The van der Waals surface area contributed by atoms with Gasteiger partial charge in [0.15, 0.2) is 0 Å². The van der Waals surface area contributed by atoms with Gasteiger partial charge in [-0.3, -0.25) is 4.57 Å². The molecule has 0 saturated heterocycles. The van der Waals surface area contributed by atoms with E-state index in [9.17, 15) is 14.3 Å². The Morgan fingerprint density at radius 2 is 2.33 bits per heavy atom. The number of nitrogens with one attached hydrogen (secondary N) is 1. The van der Waals surface area contributed by atoms with Gasteiger partial charge in [0, 0.05) is 0 Å². The SMILES string of the molecule is CC(O)Cn1c(=O)[nH]c2cc(F)ccc21. The topological polar surface area (TPSA) is 58.0 Å². The number of hydrogen-bond acceptors (Lipinski definition) is 2. The third-order valence-corrected chi connectivity index (χ3v) is 2.18. The van der Waals surface area contributed by atoms with E-state index in [0.717, 1.165) is 0 Å². The van der Waals surface area contributed by atoms with Gasteiger partial charge in [0.2, 0.25) is 0 Å². The van der Waals surface area contributed by atoms with Crippen molar-refractivity contribution in [1.29, 1.82) is 0 Å². The zero-order chi connectivity index (χ0) is 11.0. The largest absolute Gasteiger partial charge is 0.392 e. The molecule has 0 amide bonds. The summed E-state index contributed by atoms with van der Waals surface area (Å²) in [5.74, 6) is -0.395. The third-order valence-electron chi connectivity index (χ3n) is 2.18. The number of benzene rings is 1. The molecule has 15 heavy (non-hydrogen) atoms. The highest BCUT2D eigenvalue weighted by atomic mass is 19.1. The lowest BCUT2D eigenvalue weighted by molar-refractivity contribution is 0.174. The number of halogens is 1. The van der Waals surface area contributed by atoms with Gasteiger partial charge in [-0.25, -0.2) is 9.18 Å². The lowest BCUT2D eigenvalue weighted by atomic mass is 10.3. The van der Waals surface area contributed by atoms with Crippen LogP contribution >= 0.6 is 0 Å². The van der Waals surface area contributed by atoms with Crippen molar-refractivity contribution >= 4 is 11.0 Å². The quantitative estimate of drug-likeness (QED) is 0.772. The molecule has 1 atom stereocenters. The van der Waals surface area contributed by atoms with Gasteiger partial charge in [0.1, 0.15) is 5.82 Å². The molecule has 2 rings (SSSR count). The number of H-pyrrole nitrogens is 1. The van der Waals surface area contributed by atoms with Crippen molar-refractivity contribution < 1.29 is 9.50 Å². The van der Waals surface area contributed by atoms with Crippen molar-refractivity contribution in [2.75, 3.05) is 0 Å². The standard InChI is InChI=1S/C10H11FN2O2/c1-6(14)5-13-9-3-2-7(11)4-8(9)12-10(13)15/h2-4,6,14H,5H2,1H3,(H,12,15). The smallest absolute Gasteiger partial charge is 0.326 e. The van der Waals surface area contributed by atoms with E-state index in [1.165, 1.54) is 22.8 Å². The van der Waals surface area contributed by atoms with Crippen molar-refractivity contribution in [1.82, 2.24) is 9.55 Å². The minimum Gasteiger partial charge on any atom is -0.392 e. The van der Waals surface area contributed by atoms with Gasteiger partial charge < -0.3 is 10.1 Å². The second kappa shape index (κ2) is 3.51. The molecule has 0 saturated carbocycles. The maximum atomic E-state index is 12.9. The molecule has 0 aliphatic carbocycles. The van der Waals surface area contributed by atoms with E-state index in [4.69, 9.17) is 0 Å². The Hall–Kier alpha value is -1.62. The Kier molecular flexibility index (Phi) is 2.32. The van der Waals surface area contributed by atoms with Gasteiger partial charge in [-0.05, 0) is 25.1 Å². The van der Waals surface area contributed by atoms with Crippen LogP contribution in [0.2, 0.25) is 0 Å². The number of hydrogen-bond donors (Lipinski definition) is 2. The fourth-order valence-corrected chi connectivity index (χ4v) is 1.58. The van der Waals surface area contributed by atoms with Gasteiger partial charge in [0.05, 0.1) is 23.7 Å². The van der Waals surface area contributed by atoms with Crippen LogP contribution in [0.5, 0.6) is 0 Å². The molecular formula is C10H11FN2O2. The van der Waals surface area contributed by atoms with Crippen LogP contribution in [-0.4, -0.2) is 20.8 Å². The lowest BCUT2D eigenvalue weighted by Crippen LogP contribution is -2.22. The molecule has 80 valence electrons. The highest BCUT2D eigenvalue weighted by molar-refractivity contribution is 5.75. The van der Waals surface area contributed by atoms with E-state index in [1.54, 1.807) is 6.92 Å². The number of imidazole rings is 1. The van der Waals surface area contributed by atoms with E-state index in [1.807, 2.05) is 0 Å². The zero-order valence-corrected chi connectivity index (χ0v) is 8.20. The molecule has 1 aromatic heterocycles. The number of fused-ring (bicyclic) bond motifs is 1. The van der Waals surface area contributed by atoms with Crippen LogP contribution in [-0.2, 0) is 6.54 Å². The predicted molar refractivity (Wildman–Crippen MR) is 54.2 cm³/mol. The Labute approximate surface area is 85.0 Å². The van der Waals surface area contributed by atoms with Crippen LogP contribution in [0.1, 0.15) is 6.92 Å². The molecule has 1 unspecified atom stereocenters. The molecule has 0 aliphatic rings. The van der Waals surface area contributed by atoms with Gasteiger partial charge in [-0.15, -0.1) is 0 Å². The van der Waals surface area contributed by atoms with Crippen LogP contribution in [0.25, 0.3) is 11.0 Å². The number of aliphatic hydroxyl groups excluding tert-OH is 1. The van der Waals surface area contributed by atoms with Gasteiger partial charge in [-0.1, -0.05) is 0 Å². The average Bonchev–Trinajstić information content (AvgIpc) is 2.41. The number of aliphatic hydroxyl groups is 1. The molecule has 1 aromatic carbocycles. The van der Waals surface area contributed by atoms with E-state index >= 15 is 0 Å². The Morgan fingerprint density at radius 3 is 3.00 bits per heavy atom. The summed E-state index contributed by atoms with van der Waals surface area (Å²) < 4.78 is 14.2. The first-order valence-corrected chi connectivity index (χ1v) is 4.64.